The van der Waals surface area contributed by atoms with Gasteiger partial charge in [-0.25, -0.2) is 0 Å². The maximum absolute atomic E-state index is 3.60. The minimum atomic E-state index is 0.705. The molecule has 1 aromatic carbocycles. The molecule has 0 radical (unpaired) electrons. The summed E-state index contributed by atoms with van der Waals surface area (Å²) in [6, 6.07) is 12.3. The Hall–Kier alpha value is -0.900. The molecule has 2 saturated heterocycles. The Morgan fingerprint density at radius 2 is 2.00 bits per heavy atom. The fourth-order valence-electron chi connectivity index (χ4n) is 3.49. The van der Waals surface area contributed by atoms with E-state index in [1.807, 2.05) is 0 Å². The zero-order valence-electron chi connectivity index (χ0n) is 11.9. The van der Waals surface area contributed by atoms with Gasteiger partial charge in [0.15, 0.2) is 0 Å². The van der Waals surface area contributed by atoms with Crippen molar-refractivity contribution in [3.63, 3.8) is 0 Å². The van der Waals surface area contributed by atoms with E-state index in [9.17, 15) is 0 Å². The van der Waals surface area contributed by atoms with Gasteiger partial charge in [-0.05, 0) is 12.0 Å². The number of nitrogens with zero attached hydrogens (tertiary/aromatic N) is 2. The van der Waals surface area contributed by atoms with Crippen LogP contribution in [0.25, 0.3) is 0 Å². The number of hydrogen-bond donors (Lipinski definition) is 1. The van der Waals surface area contributed by atoms with E-state index in [1.54, 1.807) is 0 Å². The van der Waals surface area contributed by atoms with Crippen LogP contribution in [0.2, 0.25) is 0 Å². The van der Waals surface area contributed by atoms with Crippen LogP contribution in [0.15, 0.2) is 30.3 Å². The molecule has 1 aromatic rings. The quantitative estimate of drug-likeness (QED) is 0.888. The number of piperazine rings is 2. The van der Waals surface area contributed by atoms with E-state index in [0.717, 1.165) is 19.1 Å². The highest BCUT2D eigenvalue weighted by Crippen LogP contribution is 2.19. The third kappa shape index (κ3) is 2.99. The van der Waals surface area contributed by atoms with Crippen LogP contribution in [0, 0.1) is 0 Å². The molecule has 0 bridgehead atoms. The van der Waals surface area contributed by atoms with Gasteiger partial charge in [0.25, 0.3) is 0 Å². The van der Waals surface area contributed by atoms with Gasteiger partial charge >= 0.3 is 0 Å². The van der Waals surface area contributed by atoms with E-state index >= 15 is 0 Å². The van der Waals surface area contributed by atoms with Crippen molar-refractivity contribution in [1.82, 2.24) is 15.1 Å². The van der Waals surface area contributed by atoms with Crippen molar-refractivity contribution in [2.45, 2.75) is 32.0 Å². The molecular formula is C16H25N3. The fraction of sp³-hybridized carbons (Fsp3) is 0.625. The third-order valence-electron chi connectivity index (χ3n) is 4.56. The molecule has 0 saturated carbocycles. The second kappa shape index (κ2) is 6.04. The first-order valence-corrected chi connectivity index (χ1v) is 7.59. The molecule has 2 heterocycles. The lowest BCUT2D eigenvalue weighted by Crippen LogP contribution is -2.64. The minimum Gasteiger partial charge on any atom is -0.314 e. The monoisotopic (exact) mass is 259 g/mol. The smallest absolute Gasteiger partial charge is 0.0352 e. The van der Waals surface area contributed by atoms with Gasteiger partial charge in [-0.1, -0.05) is 37.3 Å². The molecule has 19 heavy (non-hydrogen) atoms. The molecule has 3 nitrogen and oxygen atoms in total. The van der Waals surface area contributed by atoms with Gasteiger partial charge in [0.1, 0.15) is 0 Å². The van der Waals surface area contributed by atoms with E-state index < -0.39 is 0 Å². The molecular weight excluding hydrogens is 234 g/mol. The SMILES string of the molecule is CCC1CNCC2CN(Cc3ccccc3)CCN12. The van der Waals surface area contributed by atoms with E-state index in [1.165, 1.54) is 38.2 Å². The van der Waals surface area contributed by atoms with E-state index in [4.69, 9.17) is 0 Å². The normalized spacial score (nSPS) is 29.1. The van der Waals surface area contributed by atoms with Gasteiger partial charge in [0.2, 0.25) is 0 Å². The largest absolute Gasteiger partial charge is 0.314 e. The van der Waals surface area contributed by atoms with Crippen molar-refractivity contribution in [3.8, 4) is 0 Å². The first kappa shape index (κ1) is 13.1. The molecule has 104 valence electrons. The molecule has 2 unspecified atom stereocenters. The molecule has 0 aromatic heterocycles. The van der Waals surface area contributed by atoms with Crippen LogP contribution in [0.5, 0.6) is 0 Å². The molecule has 1 N–H and O–H groups in total. The van der Waals surface area contributed by atoms with Gasteiger partial charge in [0.05, 0.1) is 0 Å². The summed E-state index contributed by atoms with van der Waals surface area (Å²) in [6.45, 7) is 9.39. The topological polar surface area (TPSA) is 18.5 Å². The summed E-state index contributed by atoms with van der Waals surface area (Å²) in [7, 11) is 0. The summed E-state index contributed by atoms with van der Waals surface area (Å²) in [5, 5.41) is 3.60. The Morgan fingerprint density at radius 1 is 1.16 bits per heavy atom. The van der Waals surface area contributed by atoms with Gasteiger partial charge in [-0.2, -0.15) is 0 Å². The van der Waals surface area contributed by atoms with Crippen LogP contribution >= 0.6 is 0 Å². The highest BCUT2D eigenvalue weighted by Gasteiger charge is 2.33. The van der Waals surface area contributed by atoms with E-state index in [0.29, 0.717) is 6.04 Å². The maximum Gasteiger partial charge on any atom is 0.0352 e. The van der Waals surface area contributed by atoms with Crippen LogP contribution in [0.3, 0.4) is 0 Å². The summed E-state index contributed by atoms with van der Waals surface area (Å²) in [5.41, 5.74) is 1.44. The molecule has 3 heteroatoms. The predicted molar refractivity (Wildman–Crippen MR) is 79.2 cm³/mol. The summed E-state index contributed by atoms with van der Waals surface area (Å²) >= 11 is 0. The number of nitrogens with one attached hydrogen (secondary N) is 1. The fourth-order valence-corrected chi connectivity index (χ4v) is 3.49. The lowest BCUT2D eigenvalue weighted by Gasteiger charge is -2.48. The van der Waals surface area contributed by atoms with Gasteiger partial charge < -0.3 is 5.32 Å². The summed E-state index contributed by atoms with van der Waals surface area (Å²) in [6.07, 6.45) is 1.27. The van der Waals surface area contributed by atoms with Crippen LogP contribution < -0.4 is 5.32 Å². The first-order valence-electron chi connectivity index (χ1n) is 7.59. The van der Waals surface area contributed by atoms with Crippen molar-refractivity contribution in [1.29, 1.82) is 0 Å². The van der Waals surface area contributed by atoms with Crippen molar-refractivity contribution in [2.24, 2.45) is 0 Å². The third-order valence-corrected chi connectivity index (χ3v) is 4.56. The van der Waals surface area contributed by atoms with E-state index in [2.05, 4.69) is 52.4 Å². The van der Waals surface area contributed by atoms with Crippen LogP contribution in [-0.2, 0) is 6.54 Å². The van der Waals surface area contributed by atoms with Crippen molar-refractivity contribution < 1.29 is 0 Å². The number of fused-ring (bicyclic) bond motifs is 1. The highest BCUT2D eigenvalue weighted by atomic mass is 15.3. The summed E-state index contributed by atoms with van der Waals surface area (Å²) < 4.78 is 0. The molecule has 0 amide bonds. The Labute approximate surface area is 116 Å². The van der Waals surface area contributed by atoms with Crippen LogP contribution in [0.4, 0.5) is 0 Å². The first-order chi connectivity index (χ1) is 9.36. The molecule has 3 rings (SSSR count). The lowest BCUT2D eigenvalue weighted by molar-refractivity contribution is 0.0157. The zero-order valence-corrected chi connectivity index (χ0v) is 11.9. The average molecular weight is 259 g/mol. The molecule has 2 fully saturated rings. The summed E-state index contributed by atoms with van der Waals surface area (Å²) in [5.74, 6) is 0. The number of benzene rings is 1. The number of hydrogen-bond acceptors (Lipinski definition) is 3. The summed E-state index contributed by atoms with van der Waals surface area (Å²) in [4.78, 5) is 5.34. The van der Waals surface area contributed by atoms with Gasteiger partial charge in [-0.3, -0.25) is 9.80 Å². The van der Waals surface area contributed by atoms with Crippen LogP contribution in [0.1, 0.15) is 18.9 Å². The van der Waals surface area contributed by atoms with E-state index in [-0.39, 0.29) is 0 Å². The molecule has 0 aliphatic carbocycles. The highest BCUT2D eigenvalue weighted by molar-refractivity contribution is 5.14. The minimum absolute atomic E-state index is 0.705. The van der Waals surface area contributed by atoms with Crippen molar-refractivity contribution in [3.05, 3.63) is 35.9 Å². The molecule has 2 atom stereocenters. The van der Waals surface area contributed by atoms with Crippen molar-refractivity contribution in [2.75, 3.05) is 32.7 Å². The molecule has 0 spiro atoms. The van der Waals surface area contributed by atoms with Crippen LogP contribution in [-0.4, -0.2) is 54.6 Å². The average Bonchev–Trinajstić information content (AvgIpc) is 2.47. The lowest BCUT2D eigenvalue weighted by atomic mass is 10.0. The Balaban J connectivity index is 1.60. The Bertz CT molecular complexity index is 392. The standard InChI is InChI=1S/C16H25N3/c1-2-15-10-17-11-16-13-18(8-9-19(15)16)12-14-6-4-3-5-7-14/h3-7,15-17H,2,8-13H2,1H3. The van der Waals surface area contributed by atoms with Gasteiger partial charge in [0, 0.05) is 51.4 Å². The zero-order chi connectivity index (χ0) is 13.1. The molecule has 2 aliphatic heterocycles. The predicted octanol–water partition coefficient (Wildman–Crippen LogP) is 1.55. The number of rotatable bonds is 3. The molecule has 2 aliphatic rings. The van der Waals surface area contributed by atoms with Gasteiger partial charge in [-0.15, -0.1) is 0 Å². The maximum atomic E-state index is 3.60. The second-order valence-corrected chi connectivity index (χ2v) is 5.83. The van der Waals surface area contributed by atoms with Crippen molar-refractivity contribution >= 4 is 0 Å². The Kier molecular flexibility index (Phi) is 4.16. The Morgan fingerprint density at radius 3 is 2.79 bits per heavy atom. The second-order valence-electron chi connectivity index (χ2n) is 5.83.